The van der Waals surface area contributed by atoms with Gasteiger partial charge in [0.15, 0.2) is 0 Å². The van der Waals surface area contributed by atoms with Gasteiger partial charge < -0.3 is 5.32 Å². The molecule has 1 saturated heterocycles. The molecule has 4 nitrogen and oxygen atoms in total. The van der Waals surface area contributed by atoms with Crippen molar-refractivity contribution in [3.63, 3.8) is 0 Å². The van der Waals surface area contributed by atoms with Crippen molar-refractivity contribution in [2.75, 3.05) is 13.1 Å². The van der Waals surface area contributed by atoms with E-state index < -0.39 is 10.0 Å². The molecule has 0 aromatic heterocycles. The first kappa shape index (κ1) is 16.4. The van der Waals surface area contributed by atoms with Crippen LogP contribution in [0, 0.1) is 5.82 Å². The largest absolute Gasteiger partial charge is 0.313 e. The van der Waals surface area contributed by atoms with Gasteiger partial charge in [0.05, 0.1) is 4.90 Å². The van der Waals surface area contributed by atoms with Crippen molar-refractivity contribution in [3.8, 4) is 0 Å². The second-order valence-corrected chi connectivity index (χ2v) is 7.89. The highest BCUT2D eigenvalue weighted by molar-refractivity contribution is 7.89. The maximum atomic E-state index is 13.8. The van der Waals surface area contributed by atoms with E-state index in [1.807, 2.05) is 20.8 Å². The summed E-state index contributed by atoms with van der Waals surface area (Å²) in [7, 11) is -3.57. The number of nitrogens with one attached hydrogen (secondary N) is 1. The van der Waals surface area contributed by atoms with Crippen LogP contribution in [0.5, 0.6) is 0 Å². The molecule has 0 spiro atoms. The van der Waals surface area contributed by atoms with E-state index in [0.29, 0.717) is 25.2 Å². The van der Waals surface area contributed by atoms with Crippen molar-refractivity contribution in [2.24, 2.45) is 0 Å². The summed E-state index contributed by atoms with van der Waals surface area (Å²) in [6.45, 7) is 7.34. The number of hydrogen-bond donors (Lipinski definition) is 1. The first-order valence-electron chi connectivity index (χ1n) is 7.31. The fourth-order valence-electron chi connectivity index (χ4n) is 2.76. The van der Waals surface area contributed by atoms with Crippen molar-refractivity contribution in [1.82, 2.24) is 9.62 Å². The van der Waals surface area contributed by atoms with Crippen LogP contribution in [0.15, 0.2) is 23.1 Å². The Morgan fingerprint density at radius 1 is 1.38 bits per heavy atom. The molecule has 1 N–H and O–H groups in total. The first-order chi connectivity index (χ1) is 9.79. The number of sulfonamides is 1. The fraction of sp³-hybridized carbons (Fsp3) is 0.600. The van der Waals surface area contributed by atoms with Gasteiger partial charge in [-0.05, 0) is 51.4 Å². The molecule has 2 rings (SSSR count). The van der Waals surface area contributed by atoms with Crippen LogP contribution in [0.3, 0.4) is 0 Å². The summed E-state index contributed by atoms with van der Waals surface area (Å²) in [6.07, 6.45) is 1.70. The minimum Gasteiger partial charge on any atom is -0.313 e. The SMILES string of the molecule is CCNCc1cc(S(=O)(=O)N2CCCC2(C)C)ccc1F. The molecule has 1 aliphatic heterocycles. The predicted molar refractivity (Wildman–Crippen MR) is 81.0 cm³/mol. The van der Waals surface area contributed by atoms with E-state index in [-0.39, 0.29) is 16.3 Å². The Morgan fingerprint density at radius 3 is 2.67 bits per heavy atom. The lowest BCUT2D eigenvalue weighted by atomic mass is 10.0. The van der Waals surface area contributed by atoms with Crippen LogP contribution in [0.2, 0.25) is 0 Å². The van der Waals surface area contributed by atoms with Gasteiger partial charge in [-0.2, -0.15) is 4.31 Å². The Labute approximate surface area is 126 Å². The Hall–Kier alpha value is -0.980. The van der Waals surface area contributed by atoms with E-state index in [1.165, 1.54) is 22.5 Å². The zero-order valence-corrected chi connectivity index (χ0v) is 13.6. The molecule has 0 radical (unpaired) electrons. The van der Waals surface area contributed by atoms with E-state index in [9.17, 15) is 12.8 Å². The molecule has 1 aliphatic rings. The summed E-state index contributed by atoms with van der Waals surface area (Å²) in [6, 6.07) is 4.04. The number of nitrogens with zero attached hydrogens (tertiary/aromatic N) is 1. The Kier molecular flexibility index (Phi) is 4.70. The first-order valence-corrected chi connectivity index (χ1v) is 8.75. The highest BCUT2D eigenvalue weighted by atomic mass is 32.2. The monoisotopic (exact) mass is 314 g/mol. The van der Waals surface area contributed by atoms with Crippen LogP contribution in [-0.4, -0.2) is 31.4 Å². The van der Waals surface area contributed by atoms with Crippen LogP contribution in [0.1, 0.15) is 39.2 Å². The predicted octanol–water partition coefficient (Wildman–Crippen LogP) is 2.50. The van der Waals surface area contributed by atoms with Gasteiger partial charge >= 0.3 is 0 Å². The van der Waals surface area contributed by atoms with Crippen molar-refractivity contribution >= 4 is 10.0 Å². The molecule has 1 aromatic rings. The van der Waals surface area contributed by atoms with E-state index in [4.69, 9.17) is 0 Å². The Balaban J connectivity index is 2.36. The lowest BCUT2D eigenvalue weighted by molar-refractivity contribution is 0.291. The van der Waals surface area contributed by atoms with Crippen molar-refractivity contribution in [2.45, 2.75) is 50.6 Å². The van der Waals surface area contributed by atoms with Gasteiger partial charge in [0.1, 0.15) is 5.82 Å². The summed E-state index contributed by atoms with van der Waals surface area (Å²) in [5.74, 6) is -0.379. The molecule has 0 atom stereocenters. The third-order valence-electron chi connectivity index (χ3n) is 4.00. The second kappa shape index (κ2) is 6.02. The number of rotatable bonds is 5. The lowest BCUT2D eigenvalue weighted by Crippen LogP contribution is -2.42. The van der Waals surface area contributed by atoms with Crippen molar-refractivity contribution in [3.05, 3.63) is 29.6 Å². The van der Waals surface area contributed by atoms with Gasteiger partial charge in [-0.3, -0.25) is 0 Å². The Bertz CT molecular complexity index is 614. The Morgan fingerprint density at radius 2 is 2.10 bits per heavy atom. The van der Waals surface area contributed by atoms with Gasteiger partial charge in [0.2, 0.25) is 10.0 Å². The number of hydrogen-bond acceptors (Lipinski definition) is 3. The van der Waals surface area contributed by atoms with Crippen LogP contribution >= 0.6 is 0 Å². The average molecular weight is 314 g/mol. The molecule has 1 heterocycles. The molecular formula is C15H23FN2O2S. The fourth-order valence-corrected chi connectivity index (χ4v) is 4.66. The molecule has 1 fully saturated rings. The minimum absolute atomic E-state index is 0.173. The standard InChI is InChI=1S/C15H23FN2O2S/c1-4-17-11-12-10-13(6-7-14(12)16)21(19,20)18-9-5-8-15(18,2)3/h6-7,10,17H,4-5,8-9,11H2,1-3H3. The minimum atomic E-state index is -3.57. The van der Waals surface area contributed by atoms with Crippen LogP contribution in [0.4, 0.5) is 4.39 Å². The molecule has 118 valence electrons. The molecule has 21 heavy (non-hydrogen) atoms. The van der Waals surface area contributed by atoms with E-state index in [0.717, 1.165) is 12.8 Å². The molecule has 0 bridgehead atoms. The summed E-state index contributed by atoms with van der Waals surface area (Å²) in [5, 5.41) is 3.02. The van der Waals surface area contributed by atoms with E-state index in [2.05, 4.69) is 5.32 Å². The number of halogens is 1. The van der Waals surface area contributed by atoms with Crippen LogP contribution < -0.4 is 5.32 Å². The maximum Gasteiger partial charge on any atom is 0.243 e. The average Bonchev–Trinajstić information content (AvgIpc) is 2.78. The smallest absolute Gasteiger partial charge is 0.243 e. The number of benzene rings is 1. The molecule has 0 saturated carbocycles. The summed E-state index contributed by atoms with van der Waals surface area (Å²) < 4.78 is 40.8. The van der Waals surface area contributed by atoms with Gasteiger partial charge in [0.25, 0.3) is 0 Å². The zero-order chi connectivity index (χ0) is 15.7. The highest BCUT2D eigenvalue weighted by Gasteiger charge is 2.40. The van der Waals surface area contributed by atoms with Crippen molar-refractivity contribution < 1.29 is 12.8 Å². The summed E-state index contributed by atoms with van der Waals surface area (Å²) in [4.78, 5) is 0.173. The second-order valence-electron chi connectivity index (χ2n) is 6.03. The van der Waals surface area contributed by atoms with Gasteiger partial charge in [-0.15, -0.1) is 0 Å². The van der Waals surface area contributed by atoms with E-state index in [1.54, 1.807) is 0 Å². The zero-order valence-electron chi connectivity index (χ0n) is 12.8. The van der Waals surface area contributed by atoms with Gasteiger partial charge in [-0.1, -0.05) is 6.92 Å². The van der Waals surface area contributed by atoms with Crippen LogP contribution in [0.25, 0.3) is 0 Å². The van der Waals surface area contributed by atoms with Gasteiger partial charge in [0, 0.05) is 24.2 Å². The summed E-state index contributed by atoms with van der Waals surface area (Å²) >= 11 is 0. The highest BCUT2D eigenvalue weighted by Crippen LogP contribution is 2.34. The lowest BCUT2D eigenvalue weighted by Gasteiger charge is -2.30. The van der Waals surface area contributed by atoms with E-state index >= 15 is 0 Å². The molecule has 0 unspecified atom stereocenters. The quantitative estimate of drug-likeness (QED) is 0.908. The third kappa shape index (κ3) is 3.27. The third-order valence-corrected chi connectivity index (χ3v) is 6.10. The summed E-state index contributed by atoms with van der Waals surface area (Å²) in [5.41, 5.74) is 0.00428. The normalized spacial score (nSPS) is 19.0. The molecule has 0 aliphatic carbocycles. The molecular weight excluding hydrogens is 291 g/mol. The molecule has 6 heteroatoms. The molecule has 1 aromatic carbocycles. The maximum absolute atomic E-state index is 13.8. The topological polar surface area (TPSA) is 49.4 Å². The molecule has 0 amide bonds. The van der Waals surface area contributed by atoms with Crippen molar-refractivity contribution in [1.29, 1.82) is 0 Å². The van der Waals surface area contributed by atoms with Gasteiger partial charge in [-0.25, -0.2) is 12.8 Å². The van der Waals surface area contributed by atoms with Crippen LogP contribution in [-0.2, 0) is 16.6 Å².